The van der Waals surface area contributed by atoms with Gasteiger partial charge in [-0.05, 0) is 75.9 Å². The van der Waals surface area contributed by atoms with Crippen LogP contribution in [0.4, 0.5) is 17.1 Å². The molecule has 2 aromatic rings. The molecule has 0 bridgehead atoms. The summed E-state index contributed by atoms with van der Waals surface area (Å²) in [7, 11) is -7.22. The predicted octanol–water partition coefficient (Wildman–Crippen LogP) is 4.33. The van der Waals surface area contributed by atoms with Gasteiger partial charge in [-0.1, -0.05) is 30.1 Å². The summed E-state index contributed by atoms with van der Waals surface area (Å²) >= 11 is 0. The second-order valence-corrected chi connectivity index (χ2v) is 14.5. The van der Waals surface area contributed by atoms with E-state index in [9.17, 15) is 21.6 Å². The van der Waals surface area contributed by atoms with Crippen LogP contribution in [-0.4, -0.2) is 58.5 Å². The number of rotatable bonds is 9. The van der Waals surface area contributed by atoms with Crippen molar-refractivity contribution in [3.05, 3.63) is 59.2 Å². The van der Waals surface area contributed by atoms with Crippen LogP contribution in [0.1, 0.15) is 62.7 Å². The van der Waals surface area contributed by atoms with Gasteiger partial charge in [0.25, 0.3) is 5.91 Å². The maximum absolute atomic E-state index is 13.5. The van der Waals surface area contributed by atoms with Gasteiger partial charge in [-0.15, -0.1) is 0 Å². The van der Waals surface area contributed by atoms with Gasteiger partial charge < -0.3 is 15.3 Å². The van der Waals surface area contributed by atoms with Crippen molar-refractivity contribution in [3.63, 3.8) is 0 Å². The SMILES string of the molecule is CC(C)=C1CCN(c2cc(NS(=O)(=O)CCO)ccc2C(=O)Nc2cccc(S(=O)(=O)C3CCCC3)c2)CC1. The number of allylic oxidation sites excluding steroid dienone is 1. The van der Waals surface area contributed by atoms with E-state index in [-0.39, 0.29) is 10.1 Å². The molecule has 0 spiro atoms. The van der Waals surface area contributed by atoms with Crippen LogP contribution in [0.2, 0.25) is 0 Å². The Balaban J connectivity index is 1.62. The number of aliphatic hydroxyl groups is 1. The summed E-state index contributed by atoms with van der Waals surface area (Å²) < 4.78 is 53.1. The van der Waals surface area contributed by atoms with Crippen LogP contribution in [-0.2, 0) is 19.9 Å². The fraction of sp³-hybridized carbons (Fsp3) is 0.464. The zero-order valence-corrected chi connectivity index (χ0v) is 24.1. The molecule has 1 heterocycles. The van der Waals surface area contributed by atoms with Gasteiger partial charge in [0, 0.05) is 18.8 Å². The van der Waals surface area contributed by atoms with Crippen LogP contribution in [0.3, 0.4) is 0 Å². The molecule has 1 aliphatic heterocycles. The van der Waals surface area contributed by atoms with E-state index in [1.54, 1.807) is 30.3 Å². The minimum Gasteiger partial charge on any atom is -0.395 e. The van der Waals surface area contributed by atoms with Gasteiger partial charge in [-0.3, -0.25) is 9.52 Å². The molecule has 9 nitrogen and oxygen atoms in total. The average molecular weight is 576 g/mol. The number of aliphatic hydroxyl groups excluding tert-OH is 1. The highest BCUT2D eigenvalue weighted by Crippen LogP contribution is 2.33. The molecule has 1 saturated carbocycles. The molecule has 1 saturated heterocycles. The standard InChI is InChI=1S/C28H37N3O6S2/c1-20(2)21-12-14-31(15-13-21)27-19-23(30-38(34,35)17-16-32)10-11-26(27)28(33)29-22-6-5-9-25(18-22)39(36,37)24-7-3-4-8-24/h5-6,9-11,18-19,24,30,32H,3-4,7-8,12-17H2,1-2H3,(H,29,33). The van der Waals surface area contributed by atoms with Crippen LogP contribution in [0.25, 0.3) is 0 Å². The number of carbonyl (C=O) groups is 1. The van der Waals surface area contributed by atoms with E-state index < -0.39 is 38.1 Å². The third-order valence-corrected chi connectivity index (χ3v) is 11.0. The van der Waals surface area contributed by atoms with Crippen LogP contribution >= 0.6 is 0 Å². The summed E-state index contributed by atoms with van der Waals surface area (Å²) in [5.41, 5.74) is 4.27. The maximum atomic E-state index is 13.5. The number of benzene rings is 2. The van der Waals surface area contributed by atoms with Crippen molar-refractivity contribution in [3.8, 4) is 0 Å². The smallest absolute Gasteiger partial charge is 0.257 e. The molecule has 0 radical (unpaired) electrons. The van der Waals surface area contributed by atoms with E-state index in [4.69, 9.17) is 5.11 Å². The van der Waals surface area contributed by atoms with Gasteiger partial charge in [-0.25, -0.2) is 16.8 Å². The summed E-state index contributed by atoms with van der Waals surface area (Å²) in [5, 5.41) is 11.5. The van der Waals surface area contributed by atoms with E-state index in [1.807, 2.05) is 0 Å². The Hall–Kier alpha value is -2.89. The highest BCUT2D eigenvalue weighted by molar-refractivity contribution is 7.92. The van der Waals surface area contributed by atoms with Crippen molar-refractivity contribution >= 4 is 42.8 Å². The highest BCUT2D eigenvalue weighted by atomic mass is 32.2. The summed E-state index contributed by atoms with van der Waals surface area (Å²) in [5.74, 6) is -0.851. The Bertz CT molecular complexity index is 1450. The van der Waals surface area contributed by atoms with Gasteiger partial charge in [0.15, 0.2) is 9.84 Å². The Labute approximate surface area is 231 Å². The lowest BCUT2D eigenvalue weighted by Gasteiger charge is -2.32. The maximum Gasteiger partial charge on any atom is 0.257 e. The largest absolute Gasteiger partial charge is 0.395 e. The predicted molar refractivity (Wildman–Crippen MR) is 155 cm³/mol. The lowest BCUT2D eigenvalue weighted by atomic mass is 9.98. The van der Waals surface area contributed by atoms with Gasteiger partial charge >= 0.3 is 0 Å². The fourth-order valence-electron chi connectivity index (χ4n) is 5.26. The van der Waals surface area contributed by atoms with Crippen molar-refractivity contribution in [2.75, 3.05) is 40.4 Å². The van der Waals surface area contributed by atoms with Crippen molar-refractivity contribution < 1.29 is 26.7 Å². The van der Waals surface area contributed by atoms with Crippen LogP contribution in [0.5, 0.6) is 0 Å². The molecule has 2 aliphatic rings. The summed E-state index contributed by atoms with van der Waals surface area (Å²) in [6, 6.07) is 11.1. The first-order valence-corrected chi connectivity index (χ1v) is 16.5. The monoisotopic (exact) mass is 575 g/mol. The number of hydrogen-bond donors (Lipinski definition) is 3. The van der Waals surface area contributed by atoms with Crippen LogP contribution in [0.15, 0.2) is 58.5 Å². The quantitative estimate of drug-likeness (QED) is 0.379. The van der Waals surface area contributed by atoms with E-state index in [2.05, 4.69) is 28.8 Å². The molecule has 0 aromatic heterocycles. The molecule has 0 unspecified atom stereocenters. The van der Waals surface area contributed by atoms with Gasteiger partial charge in [-0.2, -0.15) is 0 Å². The number of sulfone groups is 1. The fourth-order valence-corrected chi connectivity index (χ4v) is 7.98. The topological polar surface area (TPSA) is 133 Å². The van der Waals surface area contributed by atoms with Gasteiger partial charge in [0.2, 0.25) is 10.0 Å². The normalized spacial score (nSPS) is 16.8. The van der Waals surface area contributed by atoms with Gasteiger partial charge in [0.1, 0.15) is 0 Å². The molecule has 212 valence electrons. The number of nitrogens with zero attached hydrogens (tertiary/aromatic N) is 1. The Morgan fingerprint density at radius 1 is 0.974 bits per heavy atom. The van der Waals surface area contributed by atoms with E-state index in [0.29, 0.717) is 48.6 Å². The Kier molecular flexibility index (Phi) is 9.03. The second kappa shape index (κ2) is 12.1. The van der Waals surface area contributed by atoms with Crippen molar-refractivity contribution in [2.45, 2.75) is 62.5 Å². The third-order valence-electron chi connectivity index (χ3n) is 7.45. The van der Waals surface area contributed by atoms with Crippen LogP contribution in [0, 0.1) is 0 Å². The van der Waals surface area contributed by atoms with E-state index in [1.165, 1.54) is 23.3 Å². The lowest BCUT2D eigenvalue weighted by Crippen LogP contribution is -2.33. The van der Waals surface area contributed by atoms with Crippen molar-refractivity contribution in [2.24, 2.45) is 0 Å². The van der Waals surface area contributed by atoms with Crippen LogP contribution < -0.4 is 14.9 Å². The zero-order valence-electron chi connectivity index (χ0n) is 22.4. The molecule has 1 amide bonds. The number of nitrogens with one attached hydrogen (secondary N) is 2. The van der Waals surface area contributed by atoms with E-state index >= 15 is 0 Å². The third kappa shape index (κ3) is 7.01. The number of carbonyl (C=O) groups excluding carboxylic acids is 1. The average Bonchev–Trinajstić information content (AvgIpc) is 3.45. The van der Waals surface area contributed by atoms with Gasteiger partial charge in [0.05, 0.1) is 39.4 Å². The number of anilines is 3. The minimum atomic E-state index is -3.74. The molecular formula is C28H37N3O6S2. The number of amides is 1. The molecule has 0 atom stereocenters. The first-order valence-electron chi connectivity index (χ1n) is 13.3. The van der Waals surface area contributed by atoms with Crippen molar-refractivity contribution in [1.29, 1.82) is 0 Å². The summed E-state index contributed by atoms with van der Waals surface area (Å²) in [6.45, 7) is 5.00. The molecule has 3 N–H and O–H groups in total. The van der Waals surface area contributed by atoms with Crippen molar-refractivity contribution in [1.82, 2.24) is 0 Å². The lowest BCUT2D eigenvalue weighted by molar-refractivity contribution is 0.102. The highest BCUT2D eigenvalue weighted by Gasteiger charge is 2.30. The summed E-state index contributed by atoms with van der Waals surface area (Å²) in [4.78, 5) is 15.8. The Morgan fingerprint density at radius 2 is 1.67 bits per heavy atom. The Morgan fingerprint density at radius 3 is 2.31 bits per heavy atom. The number of piperidine rings is 1. The summed E-state index contributed by atoms with van der Waals surface area (Å²) in [6.07, 6.45) is 4.79. The van der Waals surface area contributed by atoms with E-state index in [0.717, 1.165) is 25.7 Å². The first kappa shape index (κ1) is 29.1. The first-order chi connectivity index (χ1) is 18.5. The molecule has 2 aromatic carbocycles. The molecule has 2 fully saturated rings. The zero-order chi connectivity index (χ0) is 28.2. The molecule has 39 heavy (non-hydrogen) atoms. The molecule has 4 rings (SSSR count). The molecule has 1 aliphatic carbocycles. The molecule has 11 heteroatoms. The molecular weight excluding hydrogens is 538 g/mol. The second-order valence-electron chi connectivity index (χ2n) is 10.4. The number of sulfonamides is 1. The number of hydrogen-bond acceptors (Lipinski definition) is 7. The minimum absolute atomic E-state index is 0.200.